The molecule has 0 radical (unpaired) electrons. The van der Waals surface area contributed by atoms with Crippen LogP contribution in [-0.4, -0.2) is 10.2 Å². The molecule has 0 aliphatic rings. The summed E-state index contributed by atoms with van der Waals surface area (Å²) in [5, 5.41) is 7.20. The lowest BCUT2D eigenvalue weighted by atomic mass is 9.98. The number of nitrogens with zero attached hydrogens (tertiary/aromatic N) is 1. The van der Waals surface area contributed by atoms with E-state index < -0.39 is 0 Å². The number of aromatic nitrogens is 2. The number of hydrogen-bond acceptors (Lipinski definition) is 2. The lowest BCUT2D eigenvalue weighted by Crippen LogP contribution is -1.94. The third-order valence-corrected chi connectivity index (χ3v) is 3.06. The fourth-order valence-corrected chi connectivity index (χ4v) is 2.11. The largest absolute Gasteiger partial charge is 0.382 e. The van der Waals surface area contributed by atoms with Gasteiger partial charge in [0.25, 0.3) is 0 Å². The van der Waals surface area contributed by atoms with E-state index in [1.165, 1.54) is 16.7 Å². The number of aromatic amines is 1. The Morgan fingerprint density at radius 3 is 2.76 bits per heavy atom. The topological polar surface area (TPSA) is 54.7 Å². The van der Waals surface area contributed by atoms with Gasteiger partial charge in [-0.05, 0) is 31.9 Å². The van der Waals surface area contributed by atoms with E-state index in [-0.39, 0.29) is 0 Å². The van der Waals surface area contributed by atoms with Crippen molar-refractivity contribution in [1.82, 2.24) is 10.2 Å². The summed E-state index contributed by atoms with van der Waals surface area (Å²) in [6, 6.07) is 6.44. The maximum Gasteiger partial charge on any atom is 0.149 e. The van der Waals surface area contributed by atoms with Crippen LogP contribution in [0.25, 0.3) is 11.3 Å². The minimum atomic E-state index is 0.628. The van der Waals surface area contributed by atoms with Gasteiger partial charge in [-0.2, -0.15) is 5.10 Å². The quantitative estimate of drug-likeness (QED) is 0.849. The van der Waals surface area contributed by atoms with Crippen molar-refractivity contribution < 1.29 is 0 Å². The van der Waals surface area contributed by atoms with Gasteiger partial charge in [0.1, 0.15) is 5.82 Å². The van der Waals surface area contributed by atoms with Gasteiger partial charge < -0.3 is 5.73 Å². The molecule has 0 atom stereocenters. The minimum absolute atomic E-state index is 0.628. The third kappa shape index (κ3) is 2.18. The van der Waals surface area contributed by atoms with Gasteiger partial charge in [0.05, 0.1) is 5.69 Å². The summed E-state index contributed by atoms with van der Waals surface area (Å²) < 4.78 is 0. The predicted molar refractivity (Wildman–Crippen MR) is 71.9 cm³/mol. The summed E-state index contributed by atoms with van der Waals surface area (Å²) in [7, 11) is 0. The van der Waals surface area contributed by atoms with Crippen molar-refractivity contribution >= 4 is 5.82 Å². The van der Waals surface area contributed by atoms with Crippen molar-refractivity contribution in [3.63, 3.8) is 0 Å². The van der Waals surface area contributed by atoms with Crippen molar-refractivity contribution in [1.29, 1.82) is 0 Å². The molecule has 1 aromatic carbocycles. The highest BCUT2D eigenvalue weighted by molar-refractivity contribution is 5.71. The smallest absolute Gasteiger partial charge is 0.149 e. The first kappa shape index (κ1) is 11.7. The molecule has 3 heteroatoms. The molecule has 0 aliphatic heterocycles. The summed E-state index contributed by atoms with van der Waals surface area (Å²) in [5.41, 5.74) is 11.8. The fraction of sp³-hybridized carbons (Fsp3) is 0.357. The van der Waals surface area contributed by atoms with Gasteiger partial charge in [0.2, 0.25) is 0 Å². The molecule has 2 aromatic rings. The standard InChI is InChI=1S/C14H19N3/c1-4-5-11-13(16-17-14(11)15)12-8-9(2)6-7-10(12)3/h6-8H,4-5H2,1-3H3,(H3,15,16,17). The van der Waals surface area contributed by atoms with Crippen LogP contribution in [0, 0.1) is 13.8 Å². The molecule has 3 nitrogen and oxygen atoms in total. The molecule has 0 saturated heterocycles. The van der Waals surface area contributed by atoms with E-state index in [4.69, 9.17) is 5.73 Å². The molecular formula is C14H19N3. The van der Waals surface area contributed by atoms with Crippen LogP contribution >= 0.6 is 0 Å². The van der Waals surface area contributed by atoms with E-state index in [1.54, 1.807) is 0 Å². The van der Waals surface area contributed by atoms with Crippen LogP contribution in [0.2, 0.25) is 0 Å². The fourth-order valence-electron chi connectivity index (χ4n) is 2.11. The highest BCUT2D eigenvalue weighted by Gasteiger charge is 2.13. The molecular weight excluding hydrogens is 210 g/mol. The Morgan fingerprint density at radius 1 is 1.29 bits per heavy atom. The Labute approximate surface area is 102 Å². The van der Waals surface area contributed by atoms with E-state index >= 15 is 0 Å². The first-order valence-electron chi connectivity index (χ1n) is 6.03. The summed E-state index contributed by atoms with van der Waals surface area (Å²) in [6.45, 7) is 6.36. The van der Waals surface area contributed by atoms with Gasteiger partial charge in [0.15, 0.2) is 0 Å². The first-order chi connectivity index (χ1) is 8.13. The Hall–Kier alpha value is -1.77. The Morgan fingerprint density at radius 2 is 2.06 bits per heavy atom. The van der Waals surface area contributed by atoms with Gasteiger partial charge >= 0.3 is 0 Å². The van der Waals surface area contributed by atoms with Crippen molar-refractivity contribution in [3.05, 3.63) is 34.9 Å². The molecule has 1 aromatic heterocycles. The predicted octanol–water partition coefficient (Wildman–Crippen LogP) is 3.23. The van der Waals surface area contributed by atoms with Crippen LogP contribution in [0.3, 0.4) is 0 Å². The number of aryl methyl sites for hydroxylation is 2. The second-order valence-corrected chi connectivity index (χ2v) is 4.53. The Kier molecular flexibility index (Phi) is 3.18. The number of nitrogens with one attached hydrogen (secondary N) is 1. The zero-order valence-corrected chi connectivity index (χ0v) is 10.7. The number of nitrogen functional groups attached to an aromatic ring is 1. The van der Waals surface area contributed by atoms with E-state index in [9.17, 15) is 0 Å². The summed E-state index contributed by atoms with van der Waals surface area (Å²) in [6.07, 6.45) is 2.03. The van der Waals surface area contributed by atoms with E-state index in [0.717, 1.165) is 24.1 Å². The highest BCUT2D eigenvalue weighted by Crippen LogP contribution is 2.29. The van der Waals surface area contributed by atoms with Crippen LogP contribution in [-0.2, 0) is 6.42 Å². The van der Waals surface area contributed by atoms with Gasteiger partial charge in [-0.15, -0.1) is 0 Å². The van der Waals surface area contributed by atoms with Crippen LogP contribution in [0.1, 0.15) is 30.0 Å². The minimum Gasteiger partial charge on any atom is -0.382 e. The number of anilines is 1. The maximum atomic E-state index is 5.91. The van der Waals surface area contributed by atoms with Crippen molar-refractivity contribution in [2.45, 2.75) is 33.6 Å². The summed E-state index contributed by atoms with van der Waals surface area (Å²) in [4.78, 5) is 0. The van der Waals surface area contributed by atoms with E-state index in [0.29, 0.717) is 5.82 Å². The SMILES string of the molecule is CCCc1c(N)n[nH]c1-c1cc(C)ccc1C. The average molecular weight is 229 g/mol. The van der Waals surface area contributed by atoms with Gasteiger partial charge in [-0.1, -0.05) is 31.0 Å². The number of rotatable bonds is 3. The lowest BCUT2D eigenvalue weighted by Gasteiger charge is -2.07. The molecule has 0 aliphatic carbocycles. The molecule has 90 valence electrons. The molecule has 0 saturated carbocycles. The molecule has 2 rings (SSSR count). The number of hydrogen-bond donors (Lipinski definition) is 2. The zero-order valence-electron chi connectivity index (χ0n) is 10.7. The zero-order chi connectivity index (χ0) is 12.4. The van der Waals surface area contributed by atoms with Crippen molar-refractivity contribution in [2.75, 3.05) is 5.73 Å². The second kappa shape index (κ2) is 4.62. The van der Waals surface area contributed by atoms with E-state index in [2.05, 4.69) is 49.2 Å². The molecule has 1 heterocycles. The van der Waals surface area contributed by atoms with Gasteiger partial charge in [-0.25, -0.2) is 0 Å². The Balaban J connectivity index is 2.56. The second-order valence-electron chi connectivity index (χ2n) is 4.53. The number of H-pyrrole nitrogens is 1. The number of benzene rings is 1. The molecule has 3 N–H and O–H groups in total. The van der Waals surface area contributed by atoms with Crippen LogP contribution < -0.4 is 5.73 Å². The molecule has 0 spiro atoms. The van der Waals surface area contributed by atoms with Crippen molar-refractivity contribution in [2.24, 2.45) is 0 Å². The molecule has 17 heavy (non-hydrogen) atoms. The normalized spacial score (nSPS) is 10.8. The third-order valence-electron chi connectivity index (χ3n) is 3.06. The highest BCUT2D eigenvalue weighted by atomic mass is 15.2. The molecule has 0 unspecified atom stereocenters. The van der Waals surface area contributed by atoms with Crippen LogP contribution in [0.15, 0.2) is 18.2 Å². The summed E-state index contributed by atoms with van der Waals surface area (Å²) >= 11 is 0. The summed E-state index contributed by atoms with van der Waals surface area (Å²) in [5.74, 6) is 0.628. The molecule has 0 amide bonds. The first-order valence-corrected chi connectivity index (χ1v) is 6.03. The average Bonchev–Trinajstić information content (AvgIpc) is 2.65. The monoisotopic (exact) mass is 229 g/mol. The number of nitrogens with two attached hydrogens (primary N) is 1. The van der Waals surface area contributed by atoms with Crippen molar-refractivity contribution in [3.8, 4) is 11.3 Å². The molecule has 0 bridgehead atoms. The van der Waals surface area contributed by atoms with Crippen LogP contribution in [0.4, 0.5) is 5.82 Å². The maximum absolute atomic E-state index is 5.91. The van der Waals surface area contributed by atoms with E-state index in [1.807, 2.05) is 0 Å². The Bertz CT molecular complexity index is 526. The molecule has 0 fully saturated rings. The van der Waals surface area contributed by atoms with Gasteiger partial charge in [0, 0.05) is 11.1 Å². The lowest BCUT2D eigenvalue weighted by molar-refractivity contribution is 0.926. The van der Waals surface area contributed by atoms with Gasteiger partial charge in [-0.3, -0.25) is 5.10 Å². The van der Waals surface area contributed by atoms with Crippen LogP contribution in [0.5, 0.6) is 0 Å².